The third kappa shape index (κ3) is 5.25. The fourth-order valence-corrected chi connectivity index (χ4v) is 3.54. The van der Waals surface area contributed by atoms with Crippen molar-refractivity contribution in [3.63, 3.8) is 0 Å². The number of ether oxygens (including phenoxy) is 2. The van der Waals surface area contributed by atoms with Gasteiger partial charge < -0.3 is 14.6 Å². The van der Waals surface area contributed by atoms with E-state index >= 15 is 0 Å². The maximum absolute atomic E-state index is 13.0. The molecule has 0 radical (unpaired) electrons. The van der Waals surface area contributed by atoms with Crippen LogP contribution in [0.2, 0.25) is 0 Å². The molecule has 1 aliphatic rings. The Hall–Kier alpha value is -4.92. The molecule has 3 aromatic rings. The van der Waals surface area contributed by atoms with Gasteiger partial charge in [0.05, 0.1) is 17.9 Å². The molecule has 36 heavy (non-hydrogen) atoms. The Morgan fingerprint density at radius 2 is 1.67 bits per heavy atom. The van der Waals surface area contributed by atoms with E-state index in [1.807, 2.05) is 0 Å². The minimum absolute atomic E-state index is 0.176. The third-order valence-electron chi connectivity index (χ3n) is 5.29. The molecule has 0 aromatic heterocycles. The van der Waals surface area contributed by atoms with Crippen LogP contribution in [0.3, 0.4) is 0 Å². The topological polar surface area (TPSA) is 122 Å². The highest BCUT2D eigenvalue weighted by Gasteiger charge is 2.36. The highest BCUT2D eigenvalue weighted by Crippen LogP contribution is 2.31. The van der Waals surface area contributed by atoms with Crippen LogP contribution < -0.4 is 19.7 Å². The number of anilines is 1. The molecule has 1 saturated heterocycles. The van der Waals surface area contributed by atoms with Crippen LogP contribution in [0.5, 0.6) is 11.5 Å². The zero-order valence-corrected chi connectivity index (χ0v) is 19.3. The predicted molar refractivity (Wildman–Crippen MR) is 131 cm³/mol. The number of hydrogen-bond acceptors (Lipinski definition) is 6. The summed E-state index contributed by atoms with van der Waals surface area (Å²) in [6, 6.07) is 18.7. The first-order chi connectivity index (χ1) is 17.4. The minimum Gasteiger partial charge on any atom is -0.490 e. The first-order valence-corrected chi connectivity index (χ1v) is 11.1. The lowest BCUT2D eigenvalue weighted by atomic mass is 10.1. The maximum atomic E-state index is 13.0. The van der Waals surface area contributed by atoms with Crippen LogP contribution in [0.1, 0.15) is 28.4 Å². The molecule has 3 aromatic carbocycles. The van der Waals surface area contributed by atoms with Crippen molar-refractivity contribution >= 4 is 35.6 Å². The van der Waals surface area contributed by atoms with Crippen molar-refractivity contribution in [3.05, 3.63) is 95.1 Å². The quantitative estimate of drug-likeness (QED) is 0.364. The smallest absolute Gasteiger partial charge is 0.335 e. The number of para-hydroxylation sites is 1. The van der Waals surface area contributed by atoms with E-state index in [-0.39, 0.29) is 17.7 Å². The van der Waals surface area contributed by atoms with Crippen LogP contribution in [0.15, 0.2) is 78.4 Å². The number of carbonyl (C=O) groups excluding carboxylic acids is 3. The molecule has 0 bridgehead atoms. The van der Waals surface area contributed by atoms with E-state index in [9.17, 15) is 19.2 Å². The van der Waals surface area contributed by atoms with Gasteiger partial charge in [0.2, 0.25) is 0 Å². The number of benzene rings is 3. The molecule has 0 saturated carbocycles. The summed E-state index contributed by atoms with van der Waals surface area (Å²) in [5, 5.41) is 11.2. The largest absolute Gasteiger partial charge is 0.490 e. The van der Waals surface area contributed by atoms with Crippen LogP contribution in [0, 0.1) is 0 Å². The Bertz CT molecular complexity index is 1350. The molecule has 9 nitrogen and oxygen atoms in total. The van der Waals surface area contributed by atoms with Gasteiger partial charge in [-0.25, -0.2) is 14.5 Å². The molecule has 0 spiro atoms. The Kier molecular flexibility index (Phi) is 7.10. The number of rotatable bonds is 8. The molecule has 1 aliphatic heterocycles. The van der Waals surface area contributed by atoms with Crippen LogP contribution in [-0.2, 0) is 16.2 Å². The second-order valence-corrected chi connectivity index (χ2v) is 7.72. The number of urea groups is 1. The molecule has 9 heteroatoms. The summed E-state index contributed by atoms with van der Waals surface area (Å²) >= 11 is 0. The van der Waals surface area contributed by atoms with Crippen molar-refractivity contribution in [2.45, 2.75) is 13.5 Å². The molecule has 1 heterocycles. The molecule has 0 atom stereocenters. The van der Waals surface area contributed by atoms with Gasteiger partial charge in [-0.05, 0) is 60.5 Å². The molecular formula is C27H22N2O7. The number of amides is 4. The first-order valence-electron chi connectivity index (χ1n) is 11.1. The van der Waals surface area contributed by atoms with Crippen molar-refractivity contribution in [2.75, 3.05) is 11.5 Å². The Balaban J connectivity index is 1.57. The van der Waals surface area contributed by atoms with Crippen molar-refractivity contribution < 1.29 is 33.8 Å². The SMILES string of the molecule is CCOc1cc(C=C2C(=O)NC(=O)N(c3ccccc3)C2=O)ccc1OCc1ccc(C(=O)O)cc1. The number of imide groups is 2. The number of barbiturate groups is 1. The number of hydrogen-bond donors (Lipinski definition) is 2. The average molecular weight is 486 g/mol. The maximum Gasteiger partial charge on any atom is 0.335 e. The standard InChI is InChI=1S/C27H22N2O7/c1-2-35-23-15-18(10-13-22(23)36-16-17-8-11-19(12-9-17)26(32)33)14-21-24(30)28-27(34)29(25(21)31)20-6-4-3-5-7-20/h3-15H,2,16H2,1H3,(H,32,33)(H,28,30,34). The third-order valence-corrected chi connectivity index (χ3v) is 5.29. The van der Waals surface area contributed by atoms with Gasteiger partial charge in [0.15, 0.2) is 11.5 Å². The predicted octanol–water partition coefficient (Wildman–Crippen LogP) is 4.03. The van der Waals surface area contributed by atoms with Gasteiger partial charge in [0.1, 0.15) is 12.2 Å². The van der Waals surface area contributed by atoms with Crippen LogP contribution >= 0.6 is 0 Å². The lowest BCUT2D eigenvalue weighted by Gasteiger charge is -2.26. The van der Waals surface area contributed by atoms with Gasteiger partial charge in [0, 0.05) is 0 Å². The summed E-state index contributed by atoms with van der Waals surface area (Å²) in [4.78, 5) is 49.7. The highest BCUT2D eigenvalue weighted by atomic mass is 16.5. The summed E-state index contributed by atoms with van der Waals surface area (Å²) in [6.45, 7) is 2.33. The van der Waals surface area contributed by atoms with E-state index in [1.54, 1.807) is 67.6 Å². The number of carboxylic acid groups (broad SMARTS) is 1. The summed E-state index contributed by atoms with van der Waals surface area (Å²) in [5.41, 5.74) is 1.59. The zero-order valence-electron chi connectivity index (χ0n) is 19.3. The number of aromatic carboxylic acids is 1. The molecule has 0 unspecified atom stereocenters. The normalized spacial score (nSPS) is 14.5. The fourth-order valence-electron chi connectivity index (χ4n) is 3.54. The number of carboxylic acids is 1. The molecule has 4 amide bonds. The molecule has 2 N–H and O–H groups in total. The summed E-state index contributed by atoms with van der Waals surface area (Å²) < 4.78 is 11.5. The summed E-state index contributed by atoms with van der Waals surface area (Å²) in [5.74, 6) is -1.71. The van der Waals surface area contributed by atoms with Gasteiger partial charge in [-0.1, -0.05) is 36.4 Å². The van der Waals surface area contributed by atoms with Crippen LogP contribution in [0.4, 0.5) is 10.5 Å². The van der Waals surface area contributed by atoms with E-state index in [0.29, 0.717) is 29.4 Å². The van der Waals surface area contributed by atoms with Crippen molar-refractivity contribution in [1.82, 2.24) is 5.32 Å². The monoisotopic (exact) mass is 486 g/mol. The van der Waals surface area contributed by atoms with E-state index in [4.69, 9.17) is 14.6 Å². The molecule has 4 rings (SSSR count). The average Bonchev–Trinajstić information content (AvgIpc) is 2.87. The summed E-state index contributed by atoms with van der Waals surface area (Å²) in [7, 11) is 0. The van der Waals surface area contributed by atoms with Gasteiger partial charge in [-0.3, -0.25) is 14.9 Å². The number of nitrogens with zero attached hydrogens (tertiary/aromatic N) is 1. The van der Waals surface area contributed by atoms with Gasteiger partial charge in [0.25, 0.3) is 11.8 Å². The Labute approximate surface area is 206 Å². The van der Waals surface area contributed by atoms with Crippen molar-refractivity contribution in [2.24, 2.45) is 0 Å². The summed E-state index contributed by atoms with van der Waals surface area (Å²) in [6.07, 6.45) is 1.39. The van der Waals surface area contributed by atoms with Crippen molar-refractivity contribution in [3.8, 4) is 11.5 Å². The molecule has 0 aliphatic carbocycles. The van der Waals surface area contributed by atoms with Gasteiger partial charge >= 0.3 is 12.0 Å². The second kappa shape index (κ2) is 10.6. The number of carbonyl (C=O) groups is 4. The lowest BCUT2D eigenvalue weighted by Crippen LogP contribution is -2.54. The Morgan fingerprint density at radius 3 is 2.33 bits per heavy atom. The van der Waals surface area contributed by atoms with E-state index in [2.05, 4.69) is 5.32 Å². The molecule has 182 valence electrons. The van der Waals surface area contributed by atoms with E-state index < -0.39 is 23.8 Å². The zero-order chi connectivity index (χ0) is 25.7. The highest BCUT2D eigenvalue weighted by molar-refractivity contribution is 6.39. The van der Waals surface area contributed by atoms with Gasteiger partial charge in [-0.15, -0.1) is 0 Å². The lowest BCUT2D eigenvalue weighted by molar-refractivity contribution is -0.122. The number of nitrogens with one attached hydrogen (secondary N) is 1. The fraction of sp³-hybridized carbons (Fsp3) is 0.111. The van der Waals surface area contributed by atoms with E-state index in [1.165, 1.54) is 18.2 Å². The van der Waals surface area contributed by atoms with Crippen LogP contribution in [0.25, 0.3) is 6.08 Å². The minimum atomic E-state index is -1.01. The van der Waals surface area contributed by atoms with Crippen LogP contribution in [-0.4, -0.2) is 35.5 Å². The first kappa shape index (κ1) is 24.2. The van der Waals surface area contributed by atoms with Crippen molar-refractivity contribution in [1.29, 1.82) is 0 Å². The molecular weight excluding hydrogens is 464 g/mol. The van der Waals surface area contributed by atoms with Gasteiger partial charge in [-0.2, -0.15) is 0 Å². The van der Waals surface area contributed by atoms with E-state index in [0.717, 1.165) is 10.5 Å². The second-order valence-electron chi connectivity index (χ2n) is 7.72. The molecule has 1 fully saturated rings. The Morgan fingerprint density at radius 1 is 0.944 bits per heavy atom.